The summed E-state index contributed by atoms with van der Waals surface area (Å²) in [6.07, 6.45) is 1.79. The third kappa shape index (κ3) is 3.03. The molecule has 6 heteroatoms. The molecule has 0 fully saturated rings. The van der Waals surface area contributed by atoms with E-state index in [0.29, 0.717) is 17.8 Å². The number of thiazole rings is 1. The van der Waals surface area contributed by atoms with Crippen molar-refractivity contribution in [3.8, 4) is 0 Å². The number of benzene rings is 1. The molecule has 0 saturated heterocycles. The maximum absolute atomic E-state index is 11.2. The minimum atomic E-state index is -0.519. The van der Waals surface area contributed by atoms with Gasteiger partial charge in [-0.15, -0.1) is 11.3 Å². The van der Waals surface area contributed by atoms with Crippen molar-refractivity contribution in [2.75, 3.05) is 17.6 Å². The maximum atomic E-state index is 11.2. The number of para-hydroxylation sites is 1. The Morgan fingerprint density at radius 1 is 1.53 bits per heavy atom. The maximum Gasteiger partial charge on any atom is 0.250 e. The Hall–Kier alpha value is -2.08. The van der Waals surface area contributed by atoms with E-state index < -0.39 is 5.91 Å². The predicted molar refractivity (Wildman–Crippen MR) is 78.4 cm³/mol. The van der Waals surface area contributed by atoms with Crippen molar-refractivity contribution in [3.05, 3.63) is 40.3 Å². The molecule has 5 nitrogen and oxygen atoms in total. The van der Waals surface area contributed by atoms with E-state index in [4.69, 9.17) is 11.5 Å². The average Bonchev–Trinajstić information content (AvgIpc) is 2.90. The Kier molecular flexibility index (Phi) is 4.01. The number of anilines is 2. The first-order valence-corrected chi connectivity index (χ1v) is 6.79. The number of carbonyl (C=O) groups excluding carboxylic acids is 1. The minimum absolute atomic E-state index is 0.275. The Labute approximate surface area is 115 Å². The van der Waals surface area contributed by atoms with Crippen molar-refractivity contribution in [1.29, 1.82) is 0 Å². The zero-order valence-electron chi connectivity index (χ0n) is 10.6. The molecule has 0 radical (unpaired) electrons. The van der Waals surface area contributed by atoms with Gasteiger partial charge in [-0.05, 0) is 12.1 Å². The molecular formula is C13H16N4OS. The van der Waals surface area contributed by atoms with Gasteiger partial charge in [-0.2, -0.15) is 0 Å². The highest BCUT2D eigenvalue weighted by molar-refractivity contribution is 7.09. The minimum Gasteiger partial charge on any atom is -0.396 e. The first-order chi connectivity index (χ1) is 9.09. The third-order valence-electron chi connectivity index (χ3n) is 2.84. The fourth-order valence-electron chi connectivity index (χ4n) is 1.76. The first kappa shape index (κ1) is 13.4. The number of carbonyl (C=O) groups is 1. The van der Waals surface area contributed by atoms with E-state index in [1.807, 2.05) is 11.4 Å². The van der Waals surface area contributed by atoms with E-state index in [0.717, 1.165) is 10.7 Å². The van der Waals surface area contributed by atoms with Gasteiger partial charge < -0.3 is 16.8 Å². The quantitative estimate of drug-likeness (QED) is 0.728. The molecule has 1 heterocycles. The first-order valence-electron chi connectivity index (χ1n) is 5.91. The van der Waals surface area contributed by atoms with Crippen LogP contribution in [-0.2, 0) is 0 Å². The molecule has 1 aromatic carbocycles. The molecule has 0 aliphatic carbocycles. The fourth-order valence-corrected chi connectivity index (χ4v) is 2.46. The molecule has 5 N–H and O–H groups in total. The molecule has 100 valence electrons. The lowest BCUT2D eigenvalue weighted by molar-refractivity contribution is 0.100. The van der Waals surface area contributed by atoms with Crippen LogP contribution in [0, 0.1) is 0 Å². The van der Waals surface area contributed by atoms with E-state index >= 15 is 0 Å². The number of rotatable bonds is 5. The van der Waals surface area contributed by atoms with Gasteiger partial charge in [0.15, 0.2) is 0 Å². The number of aromatic nitrogens is 1. The van der Waals surface area contributed by atoms with Crippen LogP contribution in [0.2, 0.25) is 0 Å². The van der Waals surface area contributed by atoms with Crippen molar-refractivity contribution in [2.24, 2.45) is 5.73 Å². The Bertz CT molecular complexity index is 568. The molecule has 0 bridgehead atoms. The lowest BCUT2D eigenvalue weighted by Crippen LogP contribution is -2.16. The van der Waals surface area contributed by atoms with Gasteiger partial charge in [-0.1, -0.05) is 13.0 Å². The molecule has 1 amide bonds. The molecule has 0 aliphatic heterocycles. The Morgan fingerprint density at radius 3 is 2.95 bits per heavy atom. The van der Waals surface area contributed by atoms with Crippen molar-refractivity contribution < 1.29 is 4.79 Å². The normalized spacial score (nSPS) is 12.1. The number of primary amides is 1. The Balaban J connectivity index is 2.08. The SMILES string of the molecule is CC(CNc1cccc(C(N)=O)c1N)c1nccs1. The van der Waals surface area contributed by atoms with Crippen LogP contribution >= 0.6 is 11.3 Å². The Morgan fingerprint density at radius 2 is 2.32 bits per heavy atom. The summed E-state index contributed by atoms with van der Waals surface area (Å²) in [6, 6.07) is 5.20. The van der Waals surface area contributed by atoms with Gasteiger partial charge in [-0.3, -0.25) is 4.79 Å². The van der Waals surface area contributed by atoms with Gasteiger partial charge in [0.05, 0.1) is 21.9 Å². The molecule has 0 aliphatic rings. The smallest absolute Gasteiger partial charge is 0.250 e. The van der Waals surface area contributed by atoms with Crippen molar-refractivity contribution in [2.45, 2.75) is 12.8 Å². The second-order valence-corrected chi connectivity index (χ2v) is 5.21. The van der Waals surface area contributed by atoms with Crippen LogP contribution in [-0.4, -0.2) is 17.4 Å². The number of nitrogen functional groups attached to an aromatic ring is 1. The van der Waals surface area contributed by atoms with Gasteiger partial charge in [-0.25, -0.2) is 4.98 Å². The van der Waals surface area contributed by atoms with Gasteiger partial charge in [0.25, 0.3) is 5.91 Å². The summed E-state index contributed by atoms with van der Waals surface area (Å²) in [5, 5.41) is 6.25. The van der Waals surface area contributed by atoms with E-state index in [1.165, 1.54) is 0 Å². The lowest BCUT2D eigenvalue weighted by atomic mass is 10.1. The predicted octanol–water partition coefficient (Wildman–Crippen LogP) is 2.04. The molecule has 2 rings (SSSR count). The molecule has 1 unspecified atom stereocenters. The number of hydrogen-bond acceptors (Lipinski definition) is 5. The number of hydrogen-bond donors (Lipinski definition) is 3. The summed E-state index contributed by atoms with van der Waals surface area (Å²) in [6.45, 7) is 2.78. The second-order valence-electron chi connectivity index (χ2n) is 4.28. The highest BCUT2D eigenvalue weighted by atomic mass is 32.1. The molecule has 0 saturated carbocycles. The van der Waals surface area contributed by atoms with Crippen molar-refractivity contribution in [1.82, 2.24) is 4.98 Å². The lowest BCUT2D eigenvalue weighted by Gasteiger charge is -2.14. The van der Waals surface area contributed by atoms with Gasteiger partial charge in [0.2, 0.25) is 0 Å². The van der Waals surface area contributed by atoms with E-state index in [-0.39, 0.29) is 5.92 Å². The highest BCUT2D eigenvalue weighted by Crippen LogP contribution is 2.24. The molecular weight excluding hydrogens is 260 g/mol. The van der Waals surface area contributed by atoms with E-state index in [9.17, 15) is 4.79 Å². The third-order valence-corrected chi connectivity index (χ3v) is 3.85. The summed E-state index contributed by atoms with van der Waals surface area (Å²) in [7, 11) is 0. The fraction of sp³-hybridized carbons (Fsp3) is 0.231. The molecule has 1 atom stereocenters. The highest BCUT2D eigenvalue weighted by Gasteiger charge is 2.11. The summed E-state index contributed by atoms with van der Waals surface area (Å²) >= 11 is 1.62. The molecule has 19 heavy (non-hydrogen) atoms. The summed E-state index contributed by atoms with van der Waals surface area (Å²) in [5.74, 6) is -0.245. The number of nitrogens with two attached hydrogens (primary N) is 2. The number of nitrogens with zero attached hydrogens (tertiary/aromatic N) is 1. The topological polar surface area (TPSA) is 94.0 Å². The van der Waals surface area contributed by atoms with E-state index in [2.05, 4.69) is 17.2 Å². The van der Waals surface area contributed by atoms with Gasteiger partial charge >= 0.3 is 0 Å². The summed E-state index contributed by atoms with van der Waals surface area (Å²) < 4.78 is 0. The van der Waals surface area contributed by atoms with Crippen LogP contribution in [0.1, 0.15) is 28.2 Å². The molecule has 1 aromatic heterocycles. The second kappa shape index (κ2) is 5.71. The van der Waals surface area contributed by atoms with E-state index in [1.54, 1.807) is 29.7 Å². The standard InChI is InChI=1S/C13H16N4OS/c1-8(13-16-5-6-19-13)7-17-10-4-2-3-9(11(10)14)12(15)18/h2-6,8,17H,7,14H2,1H3,(H2,15,18). The zero-order valence-corrected chi connectivity index (χ0v) is 11.4. The summed E-state index contributed by atoms with van der Waals surface area (Å²) in [4.78, 5) is 15.5. The van der Waals surface area contributed by atoms with Gasteiger partial charge in [0, 0.05) is 24.0 Å². The van der Waals surface area contributed by atoms with Crippen LogP contribution in [0.5, 0.6) is 0 Å². The number of amides is 1. The zero-order chi connectivity index (χ0) is 13.8. The van der Waals surface area contributed by atoms with Crippen molar-refractivity contribution >= 4 is 28.6 Å². The summed E-state index contributed by atoms with van der Waals surface area (Å²) in [5.41, 5.74) is 12.6. The largest absolute Gasteiger partial charge is 0.396 e. The van der Waals surface area contributed by atoms with Crippen LogP contribution in [0.25, 0.3) is 0 Å². The van der Waals surface area contributed by atoms with Gasteiger partial charge in [0.1, 0.15) is 0 Å². The van der Waals surface area contributed by atoms with Crippen LogP contribution in [0.3, 0.4) is 0 Å². The average molecular weight is 276 g/mol. The van der Waals surface area contributed by atoms with Crippen LogP contribution in [0.15, 0.2) is 29.8 Å². The van der Waals surface area contributed by atoms with Crippen LogP contribution < -0.4 is 16.8 Å². The monoisotopic (exact) mass is 276 g/mol. The van der Waals surface area contributed by atoms with Crippen molar-refractivity contribution in [3.63, 3.8) is 0 Å². The number of nitrogens with one attached hydrogen (secondary N) is 1. The molecule has 0 spiro atoms. The molecule has 2 aromatic rings. The van der Waals surface area contributed by atoms with Crippen LogP contribution in [0.4, 0.5) is 11.4 Å².